The van der Waals surface area contributed by atoms with Gasteiger partial charge < -0.3 is 4.98 Å². The van der Waals surface area contributed by atoms with Gasteiger partial charge in [0.05, 0.1) is 11.0 Å². The molecule has 1 heterocycles. The van der Waals surface area contributed by atoms with Gasteiger partial charge in [0.1, 0.15) is 0 Å². The van der Waals surface area contributed by atoms with E-state index < -0.39 is 0 Å². The number of aryl methyl sites for hydroxylation is 1. The van der Waals surface area contributed by atoms with Gasteiger partial charge in [0.15, 0.2) is 0 Å². The lowest BCUT2D eigenvalue weighted by Gasteiger charge is -2.00. The van der Waals surface area contributed by atoms with E-state index in [-0.39, 0.29) is 0 Å². The molecule has 1 N–H and O–H groups in total. The summed E-state index contributed by atoms with van der Waals surface area (Å²) in [6.07, 6.45) is 0. The summed E-state index contributed by atoms with van der Waals surface area (Å²) in [6, 6.07) is 16.3. The molecule has 0 aliphatic heterocycles. The summed E-state index contributed by atoms with van der Waals surface area (Å²) in [6.45, 7) is 4.08. The maximum absolute atomic E-state index is 4.56. The average Bonchev–Trinajstić information content (AvgIpc) is 2.80. The number of hydrogen-bond donors (Lipinski definition) is 1. The molecule has 3 heteroatoms. The van der Waals surface area contributed by atoms with Crippen LogP contribution in [0.1, 0.15) is 18.1 Å². The normalized spacial score (nSPS) is 12.0. The molecular weight excluding hydrogens is 234 g/mol. The Labute approximate surface area is 112 Å². The molecule has 3 aromatic rings. The van der Waals surface area contributed by atoms with Crippen LogP contribution < -0.4 is 0 Å². The molecule has 0 bridgehead atoms. The largest absolute Gasteiger partial charge is 0.322 e. The van der Waals surface area contributed by atoms with E-state index in [4.69, 9.17) is 0 Å². The molecule has 3 nitrogen and oxygen atoms in total. The fourth-order valence-corrected chi connectivity index (χ4v) is 2.09. The van der Waals surface area contributed by atoms with Crippen LogP contribution in [0.3, 0.4) is 0 Å². The Bertz CT molecular complexity index is 720. The monoisotopic (exact) mass is 249 g/mol. The molecule has 0 unspecified atom stereocenters. The minimum absolute atomic E-state index is 0.653. The topological polar surface area (TPSA) is 41.0 Å². The summed E-state index contributed by atoms with van der Waals surface area (Å²) in [5.74, 6) is 0.653. The summed E-state index contributed by atoms with van der Waals surface area (Å²) in [7, 11) is 0. The zero-order chi connectivity index (χ0) is 13.2. The minimum Gasteiger partial charge on any atom is -0.322 e. The molecule has 0 aliphatic rings. The molecule has 94 valence electrons. The molecule has 0 radical (unpaired) electrons. The Kier molecular flexibility index (Phi) is 2.88. The van der Waals surface area contributed by atoms with Gasteiger partial charge in [-0.2, -0.15) is 0 Å². The van der Waals surface area contributed by atoms with Gasteiger partial charge in [-0.15, -0.1) is 0 Å². The molecule has 0 atom stereocenters. The van der Waals surface area contributed by atoms with Crippen LogP contribution >= 0.6 is 0 Å². The van der Waals surface area contributed by atoms with Crippen molar-refractivity contribution in [2.45, 2.75) is 13.8 Å². The Morgan fingerprint density at radius 3 is 2.74 bits per heavy atom. The van der Waals surface area contributed by atoms with Crippen molar-refractivity contribution >= 4 is 22.7 Å². The summed E-state index contributed by atoms with van der Waals surface area (Å²) in [5, 5.41) is 0. The van der Waals surface area contributed by atoms with Crippen molar-refractivity contribution in [3.8, 4) is 0 Å². The number of nitrogens with zero attached hydrogens (tertiary/aromatic N) is 2. The highest BCUT2D eigenvalue weighted by atomic mass is 15.1. The molecule has 0 aliphatic carbocycles. The van der Waals surface area contributed by atoms with Crippen molar-refractivity contribution < 1.29 is 0 Å². The third-order valence-corrected chi connectivity index (χ3v) is 3.09. The van der Waals surface area contributed by atoms with Crippen LogP contribution in [0, 0.1) is 6.92 Å². The van der Waals surface area contributed by atoms with Crippen LogP contribution in [-0.4, -0.2) is 15.7 Å². The second-order valence-corrected chi connectivity index (χ2v) is 4.64. The molecule has 0 saturated heterocycles. The van der Waals surface area contributed by atoms with E-state index in [0.717, 1.165) is 22.3 Å². The minimum atomic E-state index is 0.653. The van der Waals surface area contributed by atoms with Crippen molar-refractivity contribution in [3.63, 3.8) is 0 Å². The Balaban J connectivity index is 2.00. The highest BCUT2D eigenvalue weighted by Gasteiger charge is 2.02. The van der Waals surface area contributed by atoms with Gasteiger partial charge >= 0.3 is 0 Å². The smallest absolute Gasteiger partial charge is 0.228 e. The number of aromatic nitrogens is 2. The van der Waals surface area contributed by atoms with Crippen molar-refractivity contribution in [2.75, 3.05) is 0 Å². The van der Waals surface area contributed by atoms with Crippen molar-refractivity contribution in [3.05, 3.63) is 59.7 Å². The van der Waals surface area contributed by atoms with E-state index in [0.29, 0.717) is 5.95 Å². The van der Waals surface area contributed by atoms with Crippen molar-refractivity contribution in [1.82, 2.24) is 9.97 Å². The highest BCUT2D eigenvalue weighted by Crippen LogP contribution is 2.17. The molecule has 0 spiro atoms. The SMILES string of the molecule is C/C(=N\c1nc2ccccc2[nH]1)c1cccc(C)c1. The molecule has 19 heavy (non-hydrogen) atoms. The number of para-hydroxylation sites is 2. The first kappa shape index (κ1) is 11.7. The number of H-pyrrole nitrogens is 1. The van der Waals surface area contributed by atoms with Crippen LogP contribution in [0.25, 0.3) is 11.0 Å². The second kappa shape index (κ2) is 4.69. The first-order valence-corrected chi connectivity index (χ1v) is 6.29. The maximum atomic E-state index is 4.56. The molecule has 3 rings (SSSR count). The van der Waals surface area contributed by atoms with Crippen LogP contribution in [0.2, 0.25) is 0 Å². The van der Waals surface area contributed by atoms with Gasteiger partial charge in [-0.05, 0) is 31.5 Å². The molecule has 0 saturated carbocycles. The summed E-state index contributed by atoms with van der Waals surface area (Å²) in [4.78, 5) is 12.2. The lowest BCUT2D eigenvalue weighted by molar-refractivity contribution is 1.26. The third-order valence-electron chi connectivity index (χ3n) is 3.09. The highest BCUT2D eigenvalue weighted by molar-refractivity contribution is 6.00. The quantitative estimate of drug-likeness (QED) is 0.685. The number of aromatic amines is 1. The number of aliphatic imine (C=N–C) groups is 1. The summed E-state index contributed by atoms with van der Waals surface area (Å²) < 4.78 is 0. The van der Waals surface area contributed by atoms with Gasteiger partial charge in [0.25, 0.3) is 0 Å². The van der Waals surface area contributed by atoms with Crippen LogP contribution in [0.4, 0.5) is 5.95 Å². The zero-order valence-electron chi connectivity index (χ0n) is 11.0. The number of benzene rings is 2. The van der Waals surface area contributed by atoms with E-state index >= 15 is 0 Å². The third kappa shape index (κ3) is 2.40. The Morgan fingerprint density at radius 1 is 1.11 bits per heavy atom. The first-order chi connectivity index (χ1) is 9.22. The number of nitrogens with one attached hydrogen (secondary N) is 1. The summed E-state index contributed by atoms with van der Waals surface area (Å²) in [5.41, 5.74) is 5.27. The lowest BCUT2D eigenvalue weighted by Crippen LogP contribution is -1.94. The van der Waals surface area contributed by atoms with E-state index in [1.807, 2.05) is 37.3 Å². The molecule has 2 aromatic carbocycles. The predicted molar refractivity (Wildman–Crippen MR) is 79.1 cm³/mol. The van der Waals surface area contributed by atoms with Gasteiger partial charge in [-0.1, -0.05) is 42.0 Å². The molecule has 0 amide bonds. The van der Waals surface area contributed by atoms with Gasteiger partial charge in [0, 0.05) is 5.71 Å². The first-order valence-electron chi connectivity index (χ1n) is 6.29. The number of fused-ring (bicyclic) bond motifs is 1. The number of imidazole rings is 1. The fraction of sp³-hybridized carbons (Fsp3) is 0.125. The van der Waals surface area contributed by atoms with Crippen LogP contribution in [0.5, 0.6) is 0 Å². The molecule has 0 fully saturated rings. The fourth-order valence-electron chi connectivity index (χ4n) is 2.09. The van der Waals surface area contributed by atoms with E-state index in [9.17, 15) is 0 Å². The average molecular weight is 249 g/mol. The van der Waals surface area contributed by atoms with E-state index in [2.05, 4.69) is 40.1 Å². The standard InChI is InChI=1S/C16H15N3/c1-11-6-5-7-13(10-11)12(2)17-16-18-14-8-3-4-9-15(14)19-16/h3-10H,1-2H3,(H,18,19)/b17-12+. The number of rotatable bonds is 2. The molecular formula is C16H15N3. The summed E-state index contributed by atoms with van der Waals surface area (Å²) >= 11 is 0. The van der Waals surface area contributed by atoms with E-state index in [1.165, 1.54) is 5.56 Å². The lowest BCUT2D eigenvalue weighted by atomic mass is 10.1. The Hall–Kier alpha value is -2.42. The van der Waals surface area contributed by atoms with Crippen molar-refractivity contribution in [2.24, 2.45) is 4.99 Å². The zero-order valence-corrected chi connectivity index (χ0v) is 11.0. The van der Waals surface area contributed by atoms with Gasteiger partial charge in [-0.3, -0.25) is 0 Å². The Morgan fingerprint density at radius 2 is 1.95 bits per heavy atom. The maximum Gasteiger partial charge on any atom is 0.228 e. The van der Waals surface area contributed by atoms with Crippen LogP contribution in [-0.2, 0) is 0 Å². The van der Waals surface area contributed by atoms with Crippen molar-refractivity contribution in [1.29, 1.82) is 0 Å². The predicted octanol–water partition coefficient (Wildman–Crippen LogP) is 4.01. The van der Waals surface area contributed by atoms with Gasteiger partial charge in [0.2, 0.25) is 5.95 Å². The number of hydrogen-bond acceptors (Lipinski definition) is 2. The second-order valence-electron chi connectivity index (χ2n) is 4.64. The van der Waals surface area contributed by atoms with Gasteiger partial charge in [-0.25, -0.2) is 9.98 Å². The van der Waals surface area contributed by atoms with E-state index in [1.54, 1.807) is 0 Å². The molecule has 1 aromatic heterocycles. The van der Waals surface area contributed by atoms with Crippen LogP contribution in [0.15, 0.2) is 53.5 Å².